The van der Waals surface area contributed by atoms with Crippen LogP contribution in [0.15, 0.2) is 194 Å². The first-order valence-electron chi connectivity index (χ1n) is 13.6. The topological polar surface area (TPSA) is 0 Å². The van der Waals surface area contributed by atoms with Crippen molar-refractivity contribution in [3.8, 4) is 0 Å². The summed E-state index contributed by atoms with van der Waals surface area (Å²) in [7, 11) is 0. The normalized spacial score (nSPS) is 10.0. The van der Waals surface area contributed by atoms with Crippen molar-refractivity contribution in [3.05, 3.63) is 194 Å². The van der Waals surface area contributed by atoms with Crippen LogP contribution in [0, 0.1) is 0 Å². The Kier molecular flexibility index (Phi) is 9.30. The van der Waals surface area contributed by atoms with Gasteiger partial charge in [0.2, 0.25) is 0 Å². The lowest BCUT2D eigenvalue weighted by atomic mass is 10.0. The van der Waals surface area contributed by atoms with Crippen molar-refractivity contribution >= 4 is 43.1 Å². The van der Waals surface area contributed by atoms with Crippen LogP contribution in [0.25, 0.3) is 43.1 Å². The van der Waals surface area contributed by atoms with Crippen LogP contribution in [-0.4, -0.2) is 0 Å². The Hall–Kier alpha value is -5.20. The van der Waals surface area contributed by atoms with Crippen LogP contribution in [0.3, 0.4) is 0 Å². The minimum atomic E-state index is 1.31. The van der Waals surface area contributed by atoms with Crippen molar-refractivity contribution < 1.29 is 0 Å². The predicted octanol–water partition coefficient (Wildman–Crippen LogP) is 11.4. The van der Waals surface area contributed by atoms with E-state index >= 15 is 0 Å². The van der Waals surface area contributed by atoms with E-state index in [1.165, 1.54) is 43.1 Å². The van der Waals surface area contributed by atoms with Gasteiger partial charge in [0, 0.05) is 0 Å². The third kappa shape index (κ3) is 7.22. The van der Waals surface area contributed by atoms with Crippen LogP contribution >= 0.6 is 0 Å². The molecule has 0 N–H and O–H groups in total. The summed E-state index contributed by atoms with van der Waals surface area (Å²) in [5, 5.41) is 10.5. The summed E-state index contributed by atoms with van der Waals surface area (Å²) in [4.78, 5) is 0. The van der Waals surface area contributed by atoms with Crippen LogP contribution in [0.4, 0.5) is 0 Å². The van der Waals surface area contributed by atoms with Crippen molar-refractivity contribution in [1.82, 2.24) is 0 Å². The number of hydrogen-bond donors (Lipinski definition) is 0. The summed E-state index contributed by atoms with van der Waals surface area (Å²) in [5.74, 6) is 0. The molecule has 0 nitrogen and oxygen atoms in total. The monoisotopic (exact) mass is 512 g/mol. The smallest absolute Gasteiger partial charge is 0.0105 e. The summed E-state index contributed by atoms with van der Waals surface area (Å²) in [6, 6.07) is 66.8. The lowest BCUT2D eigenvalue weighted by Gasteiger charge is -2.02. The van der Waals surface area contributed by atoms with E-state index in [1.54, 1.807) is 0 Å². The fourth-order valence-corrected chi connectivity index (χ4v) is 4.61. The molecule has 0 fully saturated rings. The average Bonchev–Trinajstić information content (AvgIpc) is 3.06. The second-order valence-electron chi connectivity index (χ2n) is 9.36. The molecule has 0 heteroatoms. The molecule has 0 radical (unpaired) electrons. The Morgan fingerprint density at radius 2 is 0.350 bits per heavy atom. The summed E-state index contributed by atoms with van der Waals surface area (Å²) >= 11 is 0. The Morgan fingerprint density at radius 1 is 0.150 bits per heavy atom. The van der Waals surface area contributed by atoms with Gasteiger partial charge in [-0.25, -0.2) is 0 Å². The molecule has 0 heterocycles. The van der Waals surface area contributed by atoms with Gasteiger partial charge in [-0.05, 0) is 43.1 Å². The molecule has 0 bridgehead atoms. The zero-order valence-electron chi connectivity index (χ0n) is 22.5. The molecule has 0 saturated carbocycles. The maximum atomic E-state index is 2.18. The Balaban J connectivity index is 0.000000112. The maximum absolute atomic E-state index is 2.18. The van der Waals surface area contributed by atoms with Crippen LogP contribution < -0.4 is 0 Å². The van der Waals surface area contributed by atoms with Gasteiger partial charge in [-0.2, -0.15) is 0 Å². The van der Waals surface area contributed by atoms with E-state index < -0.39 is 0 Å². The zero-order valence-corrected chi connectivity index (χ0v) is 22.5. The first kappa shape index (κ1) is 26.4. The van der Waals surface area contributed by atoms with Gasteiger partial charge in [-0.3, -0.25) is 0 Å². The molecule has 0 amide bonds. The second kappa shape index (κ2) is 14.1. The SMILES string of the molecule is c1ccc2c(c1)ccc1ccccc12.c1ccc2ccccc2c1.c1ccc2ccccc2c1.c1ccccc1. The number of benzene rings is 8. The molecule has 8 aromatic rings. The minimum absolute atomic E-state index is 1.31. The van der Waals surface area contributed by atoms with Crippen LogP contribution in [0.1, 0.15) is 0 Å². The van der Waals surface area contributed by atoms with E-state index in [-0.39, 0.29) is 0 Å². The van der Waals surface area contributed by atoms with Crippen molar-refractivity contribution in [2.24, 2.45) is 0 Å². The Morgan fingerprint density at radius 3 is 0.600 bits per heavy atom. The number of hydrogen-bond acceptors (Lipinski definition) is 0. The van der Waals surface area contributed by atoms with Gasteiger partial charge in [-0.15, -0.1) is 0 Å². The first-order valence-corrected chi connectivity index (χ1v) is 13.6. The molecule has 8 rings (SSSR count). The van der Waals surface area contributed by atoms with Gasteiger partial charge in [0.15, 0.2) is 0 Å². The lowest BCUT2D eigenvalue weighted by Crippen LogP contribution is -1.75. The highest BCUT2D eigenvalue weighted by Crippen LogP contribution is 2.24. The predicted molar refractivity (Wildman–Crippen MR) is 176 cm³/mol. The van der Waals surface area contributed by atoms with E-state index in [2.05, 4.69) is 158 Å². The Labute approximate surface area is 236 Å². The van der Waals surface area contributed by atoms with Crippen LogP contribution in [-0.2, 0) is 0 Å². The molecule has 0 aliphatic heterocycles. The molecule has 0 atom stereocenters. The average molecular weight is 513 g/mol. The summed E-state index contributed by atoms with van der Waals surface area (Å²) < 4.78 is 0. The van der Waals surface area contributed by atoms with Gasteiger partial charge < -0.3 is 0 Å². The van der Waals surface area contributed by atoms with E-state index in [1.807, 2.05) is 36.4 Å². The largest absolute Gasteiger partial charge is 0.0623 e. The highest BCUT2D eigenvalue weighted by Gasteiger charge is 1.97. The van der Waals surface area contributed by atoms with E-state index in [0.717, 1.165) is 0 Å². The van der Waals surface area contributed by atoms with Crippen molar-refractivity contribution in [3.63, 3.8) is 0 Å². The van der Waals surface area contributed by atoms with E-state index in [0.29, 0.717) is 0 Å². The van der Waals surface area contributed by atoms with Crippen molar-refractivity contribution in [2.45, 2.75) is 0 Å². The molecule has 0 saturated heterocycles. The molecule has 40 heavy (non-hydrogen) atoms. The van der Waals surface area contributed by atoms with Gasteiger partial charge in [0.1, 0.15) is 0 Å². The fraction of sp³-hybridized carbons (Fsp3) is 0. The van der Waals surface area contributed by atoms with E-state index in [9.17, 15) is 0 Å². The number of rotatable bonds is 0. The van der Waals surface area contributed by atoms with E-state index in [4.69, 9.17) is 0 Å². The maximum Gasteiger partial charge on any atom is -0.0105 e. The fourth-order valence-electron chi connectivity index (χ4n) is 4.61. The first-order chi connectivity index (χ1) is 19.9. The third-order valence-corrected chi connectivity index (χ3v) is 6.64. The van der Waals surface area contributed by atoms with Crippen LogP contribution in [0.5, 0.6) is 0 Å². The van der Waals surface area contributed by atoms with Gasteiger partial charge in [0.25, 0.3) is 0 Å². The quantitative estimate of drug-likeness (QED) is 0.177. The molecule has 0 unspecified atom stereocenters. The third-order valence-electron chi connectivity index (χ3n) is 6.64. The number of fused-ring (bicyclic) bond motifs is 5. The minimum Gasteiger partial charge on any atom is -0.0623 e. The molecule has 0 aromatic heterocycles. The molecule has 0 aliphatic rings. The lowest BCUT2D eigenvalue weighted by molar-refractivity contribution is 1.72. The molecule has 8 aromatic carbocycles. The molecular formula is C40H32. The zero-order chi connectivity index (χ0) is 27.2. The van der Waals surface area contributed by atoms with Gasteiger partial charge in [0.05, 0.1) is 0 Å². The second-order valence-corrected chi connectivity index (χ2v) is 9.36. The summed E-state index contributed by atoms with van der Waals surface area (Å²) in [6.45, 7) is 0. The Bertz CT molecular complexity index is 1620. The van der Waals surface area contributed by atoms with Crippen LogP contribution in [0.2, 0.25) is 0 Å². The van der Waals surface area contributed by atoms with Crippen molar-refractivity contribution in [2.75, 3.05) is 0 Å². The molecule has 0 spiro atoms. The highest BCUT2D eigenvalue weighted by atomic mass is 14.0. The summed E-state index contributed by atoms with van der Waals surface area (Å²) in [5.41, 5.74) is 0. The standard InChI is InChI=1S/C14H10.2C10H8.C6H6/c1-3-7-13-11(5-1)9-10-12-6-2-4-8-14(12)13;2*1-2-6-10-8-4-3-7-9(10)5-1;1-2-4-6-5-3-1/h1-10H;2*1-8H;1-6H. The molecule has 192 valence electrons. The molecule has 0 aliphatic carbocycles. The molecular weight excluding hydrogens is 480 g/mol. The van der Waals surface area contributed by atoms with Gasteiger partial charge >= 0.3 is 0 Å². The van der Waals surface area contributed by atoms with Gasteiger partial charge in [-0.1, -0.05) is 194 Å². The highest BCUT2D eigenvalue weighted by molar-refractivity contribution is 6.07. The summed E-state index contributed by atoms with van der Waals surface area (Å²) in [6.07, 6.45) is 0. The van der Waals surface area contributed by atoms with Crippen molar-refractivity contribution in [1.29, 1.82) is 0 Å².